The van der Waals surface area contributed by atoms with Crippen molar-refractivity contribution in [3.63, 3.8) is 0 Å². The molecule has 0 saturated heterocycles. The molecular weight excluding hydrogens is 242 g/mol. The Balaban J connectivity index is 2.27. The molecule has 0 aliphatic heterocycles. The third kappa shape index (κ3) is 2.64. The second kappa shape index (κ2) is 5.65. The lowest BCUT2D eigenvalue weighted by atomic mass is 9.85. The van der Waals surface area contributed by atoms with E-state index in [1.165, 1.54) is 25.7 Å². The van der Waals surface area contributed by atoms with Gasteiger partial charge in [-0.3, -0.25) is 0 Å². The maximum atomic E-state index is 5.78. The highest BCUT2D eigenvalue weighted by Gasteiger charge is 2.27. The Kier molecular flexibility index (Phi) is 4.17. The van der Waals surface area contributed by atoms with Crippen molar-refractivity contribution in [2.75, 3.05) is 11.9 Å². The molecule has 1 aromatic rings. The molecular formula is C14H21N3S. The number of anilines is 1. The molecule has 98 valence electrons. The van der Waals surface area contributed by atoms with E-state index in [0.717, 1.165) is 11.4 Å². The maximum Gasteiger partial charge on any atom is 0.138 e. The Hall–Kier alpha value is -1.16. The summed E-state index contributed by atoms with van der Waals surface area (Å²) in [5, 5.41) is 0. The number of hydrogen-bond acceptors (Lipinski definition) is 3. The van der Waals surface area contributed by atoms with Crippen LogP contribution in [0.15, 0.2) is 18.3 Å². The van der Waals surface area contributed by atoms with Gasteiger partial charge in [0.2, 0.25) is 0 Å². The van der Waals surface area contributed by atoms with Crippen LogP contribution in [0, 0.1) is 5.92 Å². The van der Waals surface area contributed by atoms with Crippen molar-refractivity contribution in [1.29, 1.82) is 0 Å². The van der Waals surface area contributed by atoms with Crippen LogP contribution in [0.5, 0.6) is 0 Å². The molecule has 0 amide bonds. The van der Waals surface area contributed by atoms with E-state index in [9.17, 15) is 0 Å². The molecule has 1 aliphatic carbocycles. The Morgan fingerprint density at radius 2 is 2.17 bits per heavy atom. The van der Waals surface area contributed by atoms with Crippen LogP contribution >= 0.6 is 12.2 Å². The summed E-state index contributed by atoms with van der Waals surface area (Å²) in [5.41, 5.74) is 6.66. The fourth-order valence-electron chi connectivity index (χ4n) is 2.90. The van der Waals surface area contributed by atoms with Gasteiger partial charge in [0.05, 0.1) is 5.56 Å². The smallest absolute Gasteiger partial charge is 0.138 e. The average molecular weight is 263 g/mol. The van der Waals surface area contributed by atoms with Gasteiger partial charge in [-0.25, -0.2) is 4.98 Å². The first-order valence-electron chi connectivity index (χ1n) is 6.59. The van der Waals surface area contributed by atoms with Crippen molar-refractivity contribution in [2.45, 2.75) is 38.6 Å². The minimum Gasteiger partial charge on any atom is -0.389 e. The highest BCUT2D eigenvalue weighted by molar-refractivity contribution is 7.80. The van der Waals surface area contributed by atoms with Gasteiger partial charge in [0, 0.05) is 19.3 Å². The van der Waals surface area contributed by atoms with Crippen molar-refractivity contribution in [3.8, 4) is 0 Å². The molecule has 3 nitrogen and oxygen atoms in total. The van der Waals surface area contributed by atoms with E-state index in [1.54, 1.807) is 6.20 Å². The summed E-state index contributed by atoms with van der Waals surface area (Å²) in [6.07, 6.45) is 6.97. The third-order valence-corrected chi connectivity index (χ3v) is 4.17. The molecule has 1 fully saturated rings. The van der Waals surface area contributed by atoms with Gasteiger partial charge in [0.25, 0.3) is 0 Å². The monoisotopic (exact) mass is 263 g/mol. The molecule has 2 atom stereocenters. The predicted molar refractivity (Wildman–Crippen MR) is 79.9 cm³/mol. The molecule has 1 saturated carbocycles. The van der Waals surface area contributed by atoms with Gasteiger partial charge in [0.1, 0.15) is 10.8 Å². The molecule has 1 aromatic heterocycles. The Labute approximate surface area is 114 Å². The molecule has 2 unspecified atom stereocenters. The van der Waals surface area contributed by atoms with E-state index in [0.29, 0.717) is 16.9 Å². The zero-order valence-electron chi connectivity index (χ0n) is 11.1. The molecule has 2 N–H and O–H groups in total. The van der Waals surface area contributed by atoms with Crippen molar-refractivity contribution in [1.82, 2.24) is 4.98 Å². The largest absolute Gasteiger partial charge is 0.389 e. The van der Waals surface area contributed by atoms with Gasteiger partial charge < -0.3 is 10.6 Å². The van der Waals surface area contributed by atoms with Crippen LogP contribution in [0.2, 0.25) is 0 Å². The molecule has 18 heavy (non-hydrogen) atoms. The van der Waals surface area contributed by atoms with Crippen LogP contribution in [0.25, 0.3) is 0 Å². The average Bonchev–Trinajstić information content (AvgIpc) is 2.38. The quantitative estimate of drug-likeness (QED) is 0.852. The highest BCUT2D eigenvalue weighted by Crippen LogP contribution is 2.30. The number of hydrogen-bond donors (Lipinski definition) is 1. The van der Waals surface area contributed by atoms with Crippen LogP contribution < -0.4 is 10.6 Å². The Bertz CT molecular complexity index is 433. The second-order valence-corrected chi connectivity index (χ2v) is 5.62. The molecule has 1 aliphatic rings. The van der Waals surface area contributed by atoms with E-state index in [-0.39, 0.29) is 0 Å². The molecule has 0 spiro atoms. The Morgan fingerprint density at radius 1 is 1.44 bits per heavy atom. The number of pyridine rings is 1. The number of rotatable bonds is 3. The van der Waals surface area contributed by atoms with E-state index >= 15 is 0 Å². The molecule has 2 rings (SSSR count). The lowest BCUT2D eigenvalue weighted by Gasteiger charge is -2.37. The summed E-state index contributed by atoms with van der Waals surface area (Å²) in [7, 11) is 2.11. The van der Waals surface area contributed by atoms with Crippen molar-refractivity contribution in [2.24, 2.45) is 11.7 Å². The SMILES string of the molecule is CC1CCCCC1N(C)c1ncccc1C(N)=S. The summed E-state index contributed by atoms with van der Waals surface area (Å²) in [4.78, 5) is 7.15. The predicted octanol–water partition coefficient (Wildman–Crippen LogP) is 2.73. The summed E-state index contributed by atoms with van der Waals surface area (Å²) in [6, 6.07) is 4.38. The molecule has 0 aromatic carbocycles. The number of thiocarbonyl (C=S) groups is 1. The summed E-state index contributed by atoms with van der Waals surface area (Å²) in [6.45, 7) is 2.32. The fraction of sp³-hybridized carbons (Fsp3) is 0.571. The van der Waals surface area contributed by atoms with Crippen molar-refractivity contribution in [3.05, 3.63) is 23.9 Å². The highest BCUT2D eigenvalue weighted by atomic mass is 32.1. The van der Waals surface area contributed by atoms with Crippen LogP contribution in [-0.4, -0.2) is 23.1 Å². The van der Waals surface area contributed by atoms with Crippen molar-refractivity contribution < 1.29 is 0 Å². The standard InChI is InChI=1S/C14H21N3S/c1-10-6-3-4-8-12(10)17(2)14-11(13(15)18)7-5-9-16-14/h5,7,9-10,12H,3-4,6,8H2,1-2H3,(H2,15,18). The molecule has 0 bridgehead atoms. The summed E-state index contributed by atoms with van der Waals surface area (Å²) < 4.78 is 0. The zero-order valence-corrected chi connectivity index (χ0v) is 11.9. The van der Waals surface area contributed by atoms with Gasteiger partial charge in [-0.15, -0.1) is 0 Å². The minimum absolute atomic E-state index is 0.424. The van der Waals surface area contributed by atoms with E-state index in [2.05, 4.69) is 23.9 Å². The topological polar surface area (TPSA) is 42.2 Å². The molecule has 0 radical (unpaired) electrons. The fourth-order valence-corrected chi connectivity index (χ4v) is 3.06. The molecule has 1 heterocycles. The number of aromatic nitrogens is 1. The summed E-state index contributed by atoms with van der Waals surface area (Å²) >= 11 is 5.11. The minimum atomic E-state index is 0.424. The van der Waals surface area contributed by atoms with E-state index in [1.807, 2.05) is 12.1 Å². The zero-order chi connectivity index (χ0) is 13.1. The molecule has 4 heteroatoms. The van der Waals surface area contributed by atoms with Gasteiger partial charge in [-0.05, 0) is 30.9 Å². The van der Waals surface area contributed by atoms with E-state index in [4.69, 9.17) is 18.0 Å². The first-order chi connectivity index (χ1) is 8.61. The number of nitrogens with two attached hydrogens (primary N) is 1. The first kappa shape index (κ1) is 13.3. The van der Waals surface area contributed by atoms with Crippen LogP contribution in [0.1, 0.15) is 38.2 Å². The van der Waals surface area contributed by atoms with Gasteiger partial charge in [0.15, 0.2) is 0 Å². The van der Waals surface area contributed by atoms with Crippen molar-refractivity contribution >= 4 is 23.0 Å². The normalized spacial score (nSPS) is 23.7. The van der Waals surface area contributed by atoms with E-state index < -0.39 is 0 Å². The van der Waals surface area contributed by atoms with Crippen LogP contribution in [0.3, 0.4) is 0 Å². The second-order valence-electron chi connectivity index (χ2n) is 5.18. The van der Waals surface area contributed by atoms with Gasteiger partial charge >= 0.3 is 0 Å². The maximum absolute atomic E-state index is 5.78. The Morgan fingerprint density at radius 3 is 2.83 bits per heavy atom. The third-order valence-electron chi connectivity index (χ3n) is 3.95. The van der Waals surface area contributed by atoms with Crippen LogP contribution in [-0.2, 0) is 0 Å². The lowest BCUT2D eigenvalue weighted by molar-refractivity contribution is 0.320. The van der Waals surface area contributed by atoms with Gasteiger partial charge in [-0.1, -0.05) is 32.0 Å². The number of nitrogens with zero attached hydrogens (tertiary/aromatic N) is 2. The lowest BCUT2D eigenvalue weighted by Crippen LogP contribution is -2.40. The van der Waals surface area contributed by atoms with Gasteiger partial charge in [-0.2, -0.15) is 0 Å². The van der Waals surface area contributed by atoms with Crippen LogP contribution in [0.4, 0.5) is 5.82 Å². The summed E-state index contributed by atoms with van der Waals surface area (Å²) in [5.74, 6) is 1.62. The first-order valence-corrected chi connectivity index (χ1v) is 6.99.